The average Bonchev–Trinajstić information content (AvgIpc) is 3.64. The number of esters is 2. The zero-order chi connectivity index (χ0) is 64.7. The fourth-order valence-corrected chi connectivity index (χ4v) is 9.60. The smallest absolute Gasteiger partial charge is 0.306 e. The van der Waals surface area contributed by atoms with Crippen molar-refractivity contribution < 1.29 is 42.9 Å². The minimum atomic E-state index is -1.63. The monoisotopic (exact) mass is 1240 g/mol. The van der Waals surface area contributed by atoms with E-state index in [0.717, 1.165) is 116 Å². The molecule has 0 heterocycles. The quantitative estimate of drug-likeness (QED) is 0.0195. The number of hydrogen-bond donors (Lipinski definition) is 0. The molecule has 9 heteroatoms. The van der Waals surface area contributed by atoms with Crippen molar-refractivity contribution >= 4 is 17.9 Å². The van der Waals surface area contributed by atoms with Crippen molar-refractivity contribution in [3.63, 3.8) is 0 Å². The van der Waals surface area contributed by atoms with E-state index >= 15 is 0 Å². The number of hydrogen-bond acceptors (Lipinski definition) is 8. The molecule has 0 aromatic rings. The van der Waals surface area contributed by atoms with Gasteiger partial charge in [0.1, 0.15) is 13.2 Å². The van der Waals surface area contributed by atoms with Crippen LogP contribution in [0, 0.1) is 0 Å². The Morgan fingerprint density at radius 3 is 0.966 bits per heavy atom. The summed E-state index contributed by atoms with van der Waals surface area (Å²) in [6.45, 7) is 4.63. The van der Waals surface area contributed by atoms with Gasteiger partial charge in [0.05, 0.1) is 40.3 Å². The molecule has 0 amide bonds. The normalized spacial score (nSPS) is 13.6. The maximum absolute atomic E-state index is 12.9. The SMILES string of the molecule is CC/C=C\C/C=C\C/C=C\C/C=C\C/C=C\C/C=C\C/C=C\C/C=C\C/C=C\C/C=C\C/C=C\CCCCCCCCCC(=O)OC(COC(=O)CCCCCCCCCCCCC/C=C\CCCCCCCCCC)COC(OCC[N+](C)(C)C)C(=O)[O-]. The van der Waals surface area contributed by atoms with Gasteiger partial charge >= 0.3 is 11.9 Å². The van der Waals surface area contributed by atoms with Gasteiger partial charge in [-0.2, -0.15) is 0 Å². The molecule has 2 atom stereocenters. The van der Waals surface area contributed by atoms with Crippen LogP contribution in [0.3, 0.4) is 0 Å². The molecule has 0 radical (unpaired) electrons. The molecule has 89 heavy (non-hydrogen) atoms. The molecule has 9 nitrogen and oxygen atoms in total. The number of carboxylic acid groups (broad SMARTS) is 1. The highest BCUT2D eigenvalue weighted by molar-refractivity contribution is 5.70. The number of ether oxygens (including phenoxy) is 4. The summed E-state index contributed by atoms with van der Waals surface area (Å²) in [5.74, 6) is -2.30. The van der Waals surface area contributed by atoms with Gasteiger partial charge in [-0.3, -0.25) is 9.59 Å². The van der Waals surface area contributed by atoms with Gasteiger partial charge in [0.2, 0.25) is 0 Å². The number of carboxylic acids is 1. The fourth-order valence-electron chi connectivity index (χ4n) is 9.60. The summed E-state index contributed by atoms with van der Waals surface area (Å²) in [5.41, 5.74) is 0. The van der Waals surface area contributed by atoms with Crippen LogP contribution in [0.5, 0.6) is 0 Å². The average molecular weight is 1240 g/mol. The van der Waals surface area contributed by atoms with E-state index in [1.165, 1.54) is 135 Å². The molecule has 0 aliphatic rings. The van der Waals surface area contributed by atoms with E-state index < -0.39 is 24.3 Å². The first-order valence-electron chi connectivity index (χ1n) is 36.0. The molecule has 0 aromatic carbocycles. The van der Waals surface area contributed by atoms with Gasteiger partial charge < -0.3 is 33.3 Å². The molecule has 0 aromatic heterocycles. The van der Waals surface area contributed by atoms with Crippen molar-refractivity contribution in [2.75, 3.05) is 47.5 Å². The number of quaternary nitrogens is 1. The molecule has 0 spiro atoms. The minimum Gasteiger partial charge on any atom is -0.545 e. The molecule has 2 unspecified atom stereocenters. The predicted molar refractivity (Wildman–Crippen MR) is 379 cm³/mol. The lowest BCUT2D eigenvalue weighted by Crippen LogP contribution is -2.44. The van der Waals surface area contributed by atoms with Crippen LogP contribution in [-0.2, 0) is 33.3 Å². The second-order valence-electron chi connectivity index (χ2n) is 24.8. The second kappa shape index (κ2) is 69.1. The molecule has 0 rings (SSSR count). The van der Waals surface area contributed by atoms with Crippen LogP contribution in [-0.4, -0.2) is 82.3 Å². The Balaban J connectivity index is 4.18. The largest absolute Gasteiger partial charge is 0.545 e. The van der Waals surface area contributed by atoms with Crippen LogP contribution in [0.2, 0.25) is 0 Å². The highest BCUT2D eigenvalue weighted by Gasteiger charge is 2.22. The summed E-state index contributed by atoms with van der Waals surface area (Å²) in [7, 11) is 5.92. The van der Waals surface area contributed by atoms with Gasteiger partial charge in [-0.1, -0.05) is 295 Å². The van der Waals surface area contributed by atoms with Crippen LogP contribution < -0.4 is 5.11 Å². The number of likely N-dealkylation sites (N-methyl/N-ethyl adjacent to an activating group) is 1. The topological polar surface area (TPSA) is 111 Å². The fraction of sp³-hybridized carbons (Fsp3) is 0.662. The Bertz CT molecular complexity index is 1970. The van der Waals surface area contributed by atoms with Crippen LogP contribution in [0.25, 0.3) is 0 Å². The second-order valence-corrected chi connectivity index (χ2v) is 24.8. The molecule has 506 valence electrons. The van der Waals surface area contributed by atoms with Gasteiger partial charge in [0.15, 0.2) is 12.4 Å². The predicted octanol–water partition coefficient (Wildman–Crippen LogP) is 21.4. The van der Waals surface area contributed by atoms with Crippen molar-refractivity contribution in [3.05, 3.63) is 146 Å². The Hall–Kier alpha value is -4.83. The van der Waals surface area contributed by atoms with Crippen molar-refractivity contribution in [3.8, 4) is 0 Å². The Morgan fingerprint density at radius 1 is 0.348 bits per heavy atom. The van der Waals surface area contributed by atoms with E-state index in [0.29, 0.717) is 17.4 Å². The molecule has 0 bridgehead atoms. The summed E-state index contributed by atoms with van der Waals surface area (Å²) in [6, 6.07) is 0. The van der Waals surface area contributed by atoms with Crippen LogP contribution in [0.4, 0.5) is 0 Å². The van der Waals surface area contributed by atoms with Crippen LogP contribution in [0.1, 0.15) is 284 Å². The zero-order valence-corrected chi connectivity index (χ0v) is 57.8. The van der Waals surface area contributed by atoms with Gasteiger partial charge in [-0.05, 0) is 122 Å². The third-order valence-corrected chi connectivity index (χ3v) is 15.1. The molecular weight excluding hydrogens is 1100 g/mol. The summed E-state index contributed by atoms with van der Waals surface area (Å²) in [4.78, 5) is 37.5. The summed E-state index contributed by atoms with van der Waals surface area (Å²) < 4.78 is 22.8. The van der Waals surface area contributed by atoms with Gasteiger partial charge in [-0.15, -0.1) is 0 Å². The maximum Gasteiger partial charge on any atom is 0.306 e. The van der Waals surface area contributed by atoms with E-state index in [4.69, 9.17) is 18.9 Å². The van der Waals surface area contributed by atoms with Crippen molar-refractivity contribution in [2.24, 2.45) is 0 Å². The van der Waals surface area contributed by atoms with Gasteiger partial charge in [0, 0.05) is 12.8 Å². The summed E-state index contributed by atoms with van der Waals surface area (Å²) in [6.07, 6.45) is 97.8. The van der Waals surface area contributed by atoms with Crippen molar-refractivity contribution in [1.29, 1.82) is 0 Å². The summed E-state index contributed by atoms with van der Waals surface area (Å²) in [5, 5.41) is 11.8. The maximum atomic E-state index is 12.9. The van der Waals surface area contributed by atoms with E-state index in [1.807, 2.05) is 21.1 Å². The number of allylic oxidation sites excluding steroid dienone is 24. The van der Waals surface area contributed by atoms with E-state index in [1.54, 1.807) is 0 Å². The Kier molecular flexibility index (Phi) is 65.3. The van der Waals surface area contributed by atoms with Crippen molar-refractivity contribution in [1.82, 2.24) is 0 Å². The third-order valence-electron chi connectivity index (χ3n) is 15.1. The minimum absolute atomic E-state index is 0.139. The number of carbonyl (C=O) groups excluding carboxylic acids is 3. The van der Waals surface area contributed by atoms with Gasteiger partial charge in [-0.25, -0.2) is 0 Å². The number of carbonyl (C=O) groups is 3. The first-order chi connectivity index (χ1) is 43.6. The number of nitrogens with zero attached hydrogens (tertiary/aromatic N) is 1. The van der Waals surface area contributed by atoms with E-state index in [9.17, 15) is 19.5 Å². The lowest BCUT2D eigenvalue weighted by molar-refractivity contribution is -0.870. The first kappa shape index (κ1) is 84.2. The van der Waals surface area contributed by atoms with E-state index in [-0.39, 0.29) is 38.6 Å². The third kappa shape index (κ3) is 70.5. The van der Waals surface area contributed by atoms with Crippen molar-refractivity contribution in [2.45, 2.75) is 296 Å². The molecule has 0 saturated heterocycles. The number of unbranched alkanes of at least 4 members (excludes halogenated alkanes) is 26. The molecule has 0 fully saturated rings. The van der Waals surface area contributed by atoms with Gasteiger partial charge in [0.25, 0.3) is 0 Å². The van der Waals surface area contributed by atoms with Crippen LogP contribution in [0.15, 0.2) is 146 Å². The first-order valence-corrected chi connectivity index (χ1v) is 36.0. The number of aliphatic carboxylic acids is 1. The number of rotatable bonds is 65. The van der Waals surface area contributed by atoms with E-state index in [2.05, 4.69) is 160 Å². The standard InChI is InChI=1S/C80H133NO8/c1-6-8-10-12-14-16-18-20-22-24-26-28-30-31-32-33-34-35-36-37-38-39-40-41-42-43-44-45-46-47-49-51-53-55-57-59-61-63-65-67-69-71-78(83)89-76(75-88-80(79(84)85)86-73-72-81(3,4)5)74-87-77(82)70-68-66-64-62-60-58-56-54-52-50-48-29-27-25-23-21-19-17-15-13-11-9-7-2/h8,10,14,16,20,22,25-28,31-32,34-35,37-38,40-41,43-44,46-47,51,53,76,80H,6-7,9,11-13,15,17-19,21,23-24,29-30,33,36,39,42,45,48-50,52,54-75H2,1-5H3/b10-8-,16-14-,22-20-,27-25-,28-26-,32-31-,35-34-,38-37-,41-40-,44-43-,47-46-,53-51-. The lowest BCUT2D eigenvalue weighted by atomic mass is 10.0. The molecule has 0 saturated carbocycles. The molecule has 0 aliphatic carbocycles. The summed E-state index contributed by atoms with van der Waals surface area (Å²) >= 11 is 0. The molecule has 0 N–H and O–H groups in total. The zero-order valence-electron chi connectivity index (χ0n) is 57.8. The Labute approximate surface area is 547 Å². The highest BCUT2D eigenvalue weighted by Crippen LogP contribution is 2.16. The highest BCUT2D eigenvalue weighted by atomic mass is 16.7. The Morgan fingerprint density at radius 2 is 0.640 bits per heavy atom. The molecular formula is C80H133NO8. The lowest BCUT2D eigenvalue weighted by Gasteiger charge is -2.26. The molecule has 0 aliphatic heterocycles. The van der Waals surface area contributed by atoms with Crippen LogP contribution >= 0.6 is 0 Å².